The first-order valence-corrected chi connectivity index (χ1v) is 9.74. The largest absolute Gasteiger partial charge is 0.493 e. The maximum absolute atomic E-state index is 13.1. The summed E-state index contributed by atoms with van der Waals surface area (Å²) in [7, 11) is 1.49. The normalized spacial score (nSPS) is 11.1. The highest BCUT2D eigenvalue weighted by molar-refractivity contribution is 6.44. The zero-order valence-corrected chi connectivity index (χ0v) is 18.2. The number of ketones is 1. The topological polar surface area (TPSA) is 104 Å². The van der Waals surface area contributed by atoms with Gasteiger partial charge in [-0.25, -0.2) is 0 Å². The van der Waals surface area contributed by atoms with Gasteiger partial charge in [-0.15, -0.1) is 0 Å². The first-order chi connectivity index (χ1) is 14.7. The Morgan fingerprint density at radius 1 is 1.10 bits per heavy atom. The van der Waals surface area contributed by atoms with E-state index in [2.05, 4.69) is 15.5 Å². The number of aromatic nitrogens is 2. The van der Waals surface area contributed by atoms with Gasteiger partial charge in [0.05, 0.1) is 7.11 Å². The van der Waals surface area contributed by atoms with E-state index in [1.165, 1.54) is 13.2 Å². The first kappa shape index (κ1) is 22.0. The molecule has 1 N–H and O–H groups in total. The lowest BCUT2D eigenvalue weighted by molar-refractivity contribution is -0.118. The van der Waals surface area contributed by atoms with Crippen LogP contribution in [0.2, 0.25) is 0 Å². The van der Waals surface area contributed by atoms with E-state index >= 15 is 0 Å². The number of carbonyl (C=O) groups excluding carboxylic acids is 2. The molecule has 0 aliphatic rings. The van der Waals surface area contributed by atoms with Crippen LogP contribution in [0.4, 0.5) is 0 Å². The van der Waals surface area contributed by atoms with Crippen LogP contribution >= 0.6 is 0 Å². The van der Waals surface area contributed by atoms with E-state index in [0.29, 0.717) is 23.0 Å². The Bertz CT molecular complexity index is 1080. The Morgan fingerprint density at radius 3 is 2.39 bits per heavy atom. The molecule has 0 aliphatic heterocycles. The fraction of sp³-hybridized carbons (Fsp3) is 0.304. The summed E-state index contributed by atoms with van der Waals surface area (Å²) in [6.07, 6.45) is 0. The van der Waals surface area contributed by atoms with Crippen molar-refractivity contribution < 1.29 is 23.6 Å². The van der Waals surface area contributed by atoms with Gasteiger partial charge < -0.3 is 19.3 Å². The number of ether oxygens (including phenoxy) is 2. The van der Waals surface area contributed by atoms with Gasteiger partial charge in [0.15, 0.2) is 11.5 Å². The number of Topliss-reactive ketones (excluding diaryl/α,β-unsaturated/α-hetero) is 1. The molecule has 31 heavy (non-hydrogen) atoms. The summed E-state index contributed by atoms with van der Waals surface area (Å²) in [5.41, 5.74) is 0.774. The van der Waals surface area contributed by atoms with Crippen molar-refractivity contribution in [3.8, 4) is 22.9 Å². The molecule has 0 fully saturated rings. The molecule has 0 spiro atoms. The van der Waals surface area contributed by atoms with Crippen molar-refractivity contribution in [1.29, 1.82) is 0 Å². The van der Waals surface area contributed by atoms with E-state index in [4.69, 9.17) is 14.0 Å². The second kappa shape index (κ2) is 8.99. The Balaban J connectivity index is 2.04. The molecule has 0 bridgehead atoms. The molecule has 8 heteroatoms. The van der Waals surface area contributed by atoms with Crippen molar-refractivity contribution in [1.82, 2.24) is 15.5 Å². The molecule has 3 rings (SSSR count). The van der Waals surface area contributed by atoms with Crippen LogP contribution < -0.4 is 14.8 Å². The maximum Gasteiger partial charge on any atom is 0.292 e. The third-order valence-electron chi connectivity index (χ3n) is 4.25. The van der Waals surface area contributed by atoms with Crippen molar-refractivity contribution in [3.05, 3.63) is 59.5 Å². The fourth-order valence-electron chi connectivity index (χ4n) is 2.87. The predicted octanol–water partition coefficient (Wildman–Crippen LogP) is 3.73. The van der Waals surface area contributed by atoms with Crippen LogP contribution in [0.5, 0.6) is 11.5 Å². The van der Waals surface area contributed by atoms with Crippen molar-refractivity contribution in [3.63, 3.8) is 0 Å². The van der Waals surface area contributed by atoms with E-state index in [9.17, 15) is 9.59 Å². The van der Waals surface area contributed by atoms with Gasteiger partial charge >= 0.3 is 0 Å². The standard InChI is InChI=1S/C23H25N3O5/c1-14-24-21(26-31-14)17-12-18(29-5)19(30-13-15-9-7-6-8-10-15)11-16(17)20(27)22(28)25-23(2,3)4/h6-12H,13H2,1-5H3,(H,25,28). The van der Waals surface area contributed by atoms with Gasteiger partial charge in [0.25, 0.3) is 11.7 Å². The molecule has 162 valence electrons. The van der Waals surface area contributed by atoms with Crippen LogP contribution in [0.15, 0.2) is 47.0 Å². The number of aryl methyl sites for hydroxylation is 1. The Labute approximate surface area is 180 Å². The summed E-state index contributed by atoms with van der Waals surface area (Å²) in [4.78, 5) is 29.8. The minimum absolute atomic E-state index is 0.0893. The molecule has 2 aromatic carbocycles. The Morgan fingerprint density at radius 2 is 1.81 bits per heavy atom. The molecule has 0 unspecified atom stereocenters. The lowest BCUT2D eigenvalue weighted by atomic mass is 10.00. The van der Waals surface area contributed by atoms with Crippen LogP contribution in [0.1, 0.15) is 42.6 Å². The number of methoxy groups -OCH3 is 1. The van der Waals surface area contributed by atoms with Crippen LogP contribution in [0.25, 0.3) is 11.4 Å². The molecule has 0 radical (unpaired) electrons. The second-order valence-electron chi connectivity index (χ2n) is 7.99. The summed E-state index contributed by atoms with van der Waals surface area (Å²) >= 11 is 0. The molecule has 0 aliphatic carbocycles. The summed E-state index contributed by atoms with van der Waals surface area (Å²) in [5.74, 6) is -0.274. The second-order valence-corrected chi connectivity index (χ2v) is 7.99. The van der Waals surface area contributed by atoms with Crippen LogP contribution in [-0.2, 0) is 11.4 Å². The average Bonchev–Trinajstić information content (AvgIpc) is 3.16. The van der Waals surface area contributed by atoms with E-state index in [1.54, 1.807) is 33.8 Å². The Hall–Kier alpha value is -3.68. The van der Waals surface area contributed by atoms with E-state index < -0.39 is 17.2 Å². The molecule has 8 nitrogen and oxygen atoms in total. The molecule has 1 heterocycles. The van der Waals surface area contributed by atoms with Gasteiger partial charge in [-0.2, -0.15) is 4.98 Å². The number of hydrogen-bond acceptors (Lipinski definition) is 7. The van der Waals surface area contributed by atoms with Crippen molar-refractivity contribution >= 4 is 11.7 Å². The first-order valence-electron chi connectivity index (χ1n) is 9.74. The summed E-state index contributed by atoms with van der Waals surface area (Å²) < 4.78 is 16.4. The number of carbonyl (C=O) groups is 2. The lowest BCUT2D eigenvalue weighted by Crippen LogP contribution is -2.44. The molecule has 3 aromatic rings. The predicted molar refractivity (Wildman–Crippen MR) is 114 cm³/mol. The molecule has 1 amide bonds. The number of hydrogen-bond donors (Lipinski definition) is 1. The number of amides is 1. The third-order valence-corrected chi connectivity index (χ3v) is 4.25. The Kier molecular flexibility index (Phi) is 6.39. The number of nitrogens with one attached hydrogen (secondary N) is 1. The average molecular weight is 423 g/mol. The van der Waals surface area contributed by atoms with Gasteiger partial charge in [-0.05, 0) is 38.5 Å². The van der Waals surface area contributed by atoms with Crippen molar-refractivity contribution in [2.75, 3.05) is 7.11 Å². The highest BCUT2D eigenvalue weighted by atomic mass is 16.5. The summed E-state index contributed by atoms with van der Waals surface area (Å²) in [6, 6.07) is 12.6. The molecule has 0 saturated carbocycles. The van der Waals surface area contributed by atoms with Crippen LogP contribution in [0.3, 0.4) is 0 Å². The number of nitrogens with zero attached hydrogens (tertiary/aromatic N) is 2. The molecule has 1 aromatic heterocycles. The highest BCUT2D eigenvalue weighted by Crippen LogP contribution is 2.36. The molecule has 0 atom stereocenters. The van der Waals surface area contributed by atoms with Gasteiger partial charge in [0.2, 0.25) is 11.7 Å². The van der Waals surface area contributed by atoms with Crippen molar-refractivity contribution in [2.24, 2.45) is 0 Å². The fourth-order valence-corrected chi connectivity index (χ4v) is 2.87. The minimum atomic E-state index is -0.742. The summed E-state index contributed by atoms with van der Waals surface area (Å²) in [6.45, 7) is 7.29. The van der Waals surface area contributed by atoms with Crippen LogP contribution in [-0.4, -0.2) is 34.5 Å². The SMILES string of the molecule is COc1cc(-c2noc(C)n2)c(C(=O)C(=O)NC(C)(C)C)cc1OCc1ccccc1. The van der Waals surface area contributed by atoms with E-state index in [0.717, 1.165) is 5.56 Å². The maximum atomic E-state index is 13.1. The van der Waals surface area contributed by atoms with Crippen LogP contribution in [0, 0.1) is 6.92 Å². The smallest absolute Gasteiger partial charge is 0.292 e. The molecular weight excluding hydrogens is 398 g/mol. The lowest BCUT2D eigenvalue weighted by Gasteiger charge is -2.20. The van der Waals surface area contributed by atoms with Gasteiger partial charge in [-0.3, -0.25) is 9.59 Å². The molecule has 0 saturated heterocycles. The van der Waals surface area contributed by atoms with Gasteiger partial charge in [-0.1, -0.05) is 35.5 Å². The number of rotatable bonds is 7. The number of benzene rings is 2. The summed E-state index contributed by atoms with van der Waals surface area (Å²) in [5, 5.41) is 6.58. The molecular formula is C23H25N3O5. The van der Waals surface area contributed by atoms with E-state index in [1.807, 2.05) is 30.3 Å². The van der Waals surface area contributed by atoms with Gasteiger partial charge in [0, 0.05) is 23.6 Å². The quantitative estimate of drug-likeness (QED) is 0.456. The van der Waals surface area contributed by atoms with E-state index in [-0.39, 0.29) is 18.0 Å². The monoisotopic (exact) mass is 423 g/mol. The van der Waals surface area contributed by atoms with Crippen molar-refractivity contribution in [2.45, 2.75) is 39.8 Å². The zero-order valence-electron chi connectivity index (χ0n) is 18.2. The highest BCUT2D eigenvalue weighted by Gasteiger charge is 2.27. The third kappa shape index (κ3) is 5.48. The zero-order chi connectivity index (χ0) is 22.6. The minimum Gasteiger partial charge on any atom is -0.493 e. The van der Waals surface area contributed by atoms with Gasteiger partial charge in [0.1, 0.15) is 6.61 Å².